The number of anilines is 3. The van der Waals surface area contributed by atoms with Gasteiger partial charge < -0.3 is 33.9 Å². The number of carbonyl (C=O) groups is 2. The number of hydrogen-bond acceptors (Lipinski definition) is 9. The Morgan fingerprint density at radius 3 is 2.55 bits per heavy atom. The zero-order valence-corrected chi connectivity index (χ0v) is 23.7. The number of aryl methyl sites for hydroxylation is 1. The van der Waals surface area contributed by atoms with Gasteiger partial charge in [-0.05, 0) is 58.7 Å². The Morgan fingerprint density at radius 1 is 1.07 bits per heavy atom. The number of esters is 1. The van der Waals surface area contributed by atoms with E-state index in [2.05, 4.69) is 15.2 Å². The van der Waals surface area contributed by atoms with Crippen LogP contribution in [0.2, 0.25) is 0 Å². The minimum atomic E-state index is -0.512. The van der Waals surface area contributed by atoms with E-state index in [1.165, 1.54) is 0 Å². The summed E-state index contributed by atoms with van der Waals surface area (Å²) in [6.45, 7) is 10.3. The van der Waals surface area contributed by atoms with Gasteiger partial charge in [-0.25, -0.2) is 14.6 Å². The van der Waals surface area contributed by atoms with Crippen molar-refractivity contribution in [2.45, 2.75) is 46.1 Å². The molecule has 3 aromatic rings. The molecule has 2 aliphatic rings. The van der Waals surface area contributed by atoms with Crippen molar-refractivity contribution >= 4 is 29.4 Å². The van der Waals surface area contributed by atoms with E-state index in [4.69, 9.17) is 19.2 Å². The fraction of sp³-hybridized carbons (Fsp3) is 0.448. The van der Waals surface area contributed by atoms with E-state index < -0.39 is 5.60 Å². The second-order valence-corrected chi connectivity index (χ2v) is 10.8. The number of hydrogen-bond donors (Lipinski definition) is 1. The van der Waals surface area contributed by atoms with Gasteiger partial charge in [0.05, 0.1) is 25.0 Å². The molecule has 40 heavy (non-hydrogen) atoms. The molecule has 1 aromatic carbocycles. The summed E-state index contributed by atoms with van der Waals surface area (Å²) in [7, 11) is 1.63. The topological polar surface area (TPSA) is 111 Å². The van der Waals surface area contributed by atoms with E-state index in [-0.39, 0.29) is 12.1 Å². The fourth-order valence-electron chi connectivity index (χ4n) is 4.98. The van der Waals surface area contributed by atoms with Crippen LogP contribution in [0.25, 0.3) is 5.82 Å². The summed E-state index contributed by atoms with van der Waals surface area (Å²) in [6, 6.07) is 7.71. The third-order valence-electron chi connectivity index (χ3n) is 6.92. The number of benzene rings is 1. The normalized spacial score (nSPS) is 14.7. The molecule has 1 N–H and O–H groups in total. The molecular weight excluding hydrogens is 512 g/mol. The van der Waals surface area contributed by atoms with Crippen LogP contribution in [0.15, 0.2) is 36.7 Å². The van der Waals surface area contributed by atoms with Crippen molar-refractivity contribution in [2.75, 3.05) is 50.1 Å². The van der Waals surface area contributed by atoms with E-state index >= 15 is 0 Å². The summed E-state index contributed by atoms with van der Waals surface area (Å²) in [5.74, 6) is 1.51. The first-order chi connectivity index (χ1) is 19.2. The van der Waals surface area contributed by atoms with Gasteiger partial charge in [-0.1, -0.05) is 0 Å². The Labute approximate surface area is 234 Å². The first-order valence-corrected chi connectivity index (χ1v) is 13.6. The molecule has 0 radical (unpaired) electrons. The number of piperazine rings is 1. The SMILES string of the molecule is CCOC(=O)c1ccn2c1CCc1cnc(Nc3ccc(N4CCN(C(=O)OC(C)(C)C)CC4)cc3OC)nc1-2. The van der Waals surface area contributed by atoms with Gasteiger partial charge in [-0.3, -0.25) is 0 Å². The lowest BCUT2D eigenvalue weighted by Gasteiger charge is -2.37. The van der Waals surface area contributed by atoms with Gasteiger partial charge in [0, 0.05) is 61.6 Å². The van der Waals surface area contributed by atoms with Gasteiger partial charge >= 0.3 is 12.1 Å². The predicted molar refractivity (Wildman–Crippen MR) is 151 cm³/mol. The number of aromatic nitrogens is 3. The van der Waals surface area contributed by atoms with Crippen LogP contribution in [0, 0.1) is 0 Å². The first kappa shape index (κ1) is 27.3. The lowest BCUT2D eigenvalue weighted by molar-refractivity contribution is 0.0240. The predicted octanol–water partition coefficient (Wildman–Crippen LogP) is 4.35. The van der Waals surface area contributed by atoms with Gasteiger partial charge in [0.25, 0.3) is 0 Å². The molecule has 0 bridgehead atoms. The van der Waals surface area contributed by atoms with Crippen LogP contribution in [-0.4, -0.2) is 77.0 Å². The minimum absolute atomic E-state index is 0.279. The Kier molecular flexibility index (Phi) is 7.55. The summed E-state index contributed by atoms with van der Waals surface area (Å²) in [5.41, 5.74) is 3.70. The molecule has 0 unspecified atom stereocenters. The summed E-state index contributed by atoms with van der Waals surface area (Å²) < 4.78 is 18.4. The average molecular weight is 549 g/mol. The third kappa shape index (κ3) is 5.68. The van der Waals surface area contributed by atoms with Gasteiger partial charge in [-0.2, -0.15) is 4.98 Å². The van der Waals surface area contributed by atoms with Gasteiger partial charge in [0.2, 0.25) is 5.95 Å². The quantitative estimate of drug-likeness (QED) is 0.449. The number of nitrogens with zero attached hydrogens (tertiary/aromatic N) is 5. The minimum Gasteiger partial charge on any atom is -0.494 e. The number of carbonyl (C=O) groups excluding carboxylic acids is 2. The molecule has 5 rings (SSSR count). The van der Waals surface area contributed by atoms with Gasteiger partial charge in [-0.15, -0.1) is 0 Å². The fourth-order valence-corrected chi connectivity index (χ4v) is 4.98. The number of ether oxygens (including phenoxy) is 3. The molecule has 0 saturated carbocycles. The van der Waals surface area contributed by atoms with Crippen LogP contribution < -0.4 is 15.0 Å². The summed E-state index contributed by atoms with van der Waals surface area (Å²) >= 11 is 0. The molecule has 1 amide bonds. The van der Waals surface area contributed by atoms with Crippen LogP contribution in [-0.2, 0) is 22.3 Å². The number of fused-ring (bicyclic) bond motifs is 3. The highest BCUT2D eigenvalue weighted by Gasteiger charge is 2.27. The molecule has 212 valence electrons. The van der Waals surface area contributed by atoms with Crippen LogP contribution in [0.4, 0.5) is 22.1 Å². The molecule has 1 fully saturated rings. The van der Waals surface area contributed by atoms with Crippen molar-refractivity contribution in [3.05, 3.63) is 53.5 Å². The maximum Gasteiger partial charge on any atom is 0.410 e. The van der Waals surface area contributed by atoms with Crippen molar-refractivity contribution in [3.8, 4) is 11.6 Å². The maximum atomic E-state index is 12.4. The molecule has 0 aliphatic carbocycles. The third-order valence-corrected chi connectivity index (χ3v) is 6.92. The molecule has 1 saturated heterocycles. The van der Waals surface area contributed by atoms with Crippen LogP contribution in [0.3, 0.4) is 0 Å². The van der Waals surface area contributed by atoms with Crippen LogP contribution >= 0.6 is 0 Å². The Balaban J connectivity index is 1.30. The van der Waals surface area contributed by atoms with E-state index in [1.54, 1.807) is 25.0 Å². The number of amides is 1. The zero-order chi connectivity index (χ0) is 28.4. The van der Waals surface area contributed by atoms with Gasteiger partial charge in [0.15, 0.2) is 0 Å². The van der Waals surface area contributed by atoms with Crippen molar-refractivity contribution in [1.29, 1.82) is 0 Å². The summed E-state index contributed by atoms with van der Waals surface area (Å²) in [5, 5.41) is 3.29. The average Bonchev–Trinajstić information content (AvgIpc) is 3.37. The molecular formula is C29H36N6O5. The summed E-state index contributed by atoms with van der Waals surface area (Å²) in [6.07, 6.45) is 4.85. The second-order valence-electron chi connectivity index (χ2n) is 10.8. The Hall–Kier alpha value is -4.28. The van der Waals surface area contributed by atoms with E-state index in [0.717, 1.165) is 34.9 Å². The first-order valence-electron chi connectivity index (χ1n) is 13.6. The highest BCUT2D eigenvalue weighted by atomic mass is 16.6. The molecule has 0 atom stereocenters. The highest BCUT2D eigenvalue weighted by molar-refractivity contribution is 5.91. The lowest BCUT2D eigenvalue weighted by Crippen LogP contribution is -2.50. The molecule has 2 aliphatic heterocycles. The maximum absolute atomic E-state index is 12.4. The van der Waals surface area contributed by atoms with Crippen molar-refractivity contribution < 1.29 is 23.8 Å². The van der Waals surface area contributed by atoms with E-state index in [1.807, 2.05) is 55.9 Å². The van der Waals surface area contributed by atoms with Crippen molar-refractivity contribution in [3.63, 3.8) is 0 Å². The number of rotatable bonds is 6. The molecule has 11 nitrogen and oxygen atoms in total. The van der Waals surface area contributed by atoms with Crippen molar-refractivity contribution in [2.24, 2.45) is 0 Å². The van der Waals surface area contributed by atoms with E-state index in [0.29, 0.717) is 56.5 Å². The second kappa shape index (κ2) is 11.1. The van der Waals surface area contributed by atoms with Gasteiger partial charge in [0.1, 0.15) is 17.2 Å². The largest absolute Gasteiger partial charge is 0.494 e. The van der Waals surface area contributed by atoms with Crippen LogP contribution in [0.5, 0.6) is 5.75 Å². The Morgan fingerprint density at radius 2 is 1.85 bits per heavy atom. The lowest BCUT2D eigenvalue weighted by atomic mass is 10.0. The molecule has 2 aromatic heterocycles. The standard InChI is InChI=1S/C29H36N6O5/c1-6-39-26(36)21-11-12-35-23(21)10-7-19-18-30-27(32-25(19)35)31-22-9-8-20(17-24(22)38-5)33-13-15-34(16-14-33)28(37)40-29(2,3)4/h8-9,11-12,17-18H,6-7,10,13-16H2,1-5H3,(H,30,31,32). The van der Waals surface area contributed by atoms with E-state index in [9.17, 15) is 9.59 Å². The highest BCUT2D eigenvalue weighted by Crippen LogP contribution is 2.33. The molecule has 4 heterocycles. The van der Waals surface area contributed by atoms with Crippen molar-refractivity contribution in [1.82, 2.24) is 19.4 Å². The van der Waals surface area contributed by atoms with Crippen LogP contribution in [0.1, 0.15) is 49.3 Å². The summed E-state index contributed by atoms with van der Waals surface area (Å²) in [4.78, 5) is 38.1. The monoisotopic (exact) mass is 548 g/mol. The zero-order valence-electron chi connectivity index (χ0n) is 23.7. The number of methoxy groups -OCH3 is 1. The molecule has 11 heteroatoms. The number of nitrogens with one attached hydrogen (secondary N) is 1. The molecule has 0 spiro atoms. The smallest absolute Gasteiger partial charge is 0.410 e. The Bertz CT molecular complexity index is 1400.